The van der Waals surface area contributed by atoms with E-state index < -0.39 is 5.60 Å². The molecule has 122 valence electrons. The Bertz CT molecular complexity index is 541. The van der Waals surface area contributed by atoms with Gasteiger partial charge in [0.15, 0.2) is 11.5 Å². The Labute approximate surface area is 135 Å². The monoisotopic (exact) mass is 325 g/mol. The van der Waals surface area contributed by atoms with Gasteiger partial charge in [-0.25, -0.2) is 0 Å². The Morgan fingerprint density at radius 2 is 2.18 bits per heavy atom. The summed E-state index contributed by atoms with van der Waals surface area (Å²) in [5, 5.41) is 13.0. The van der Waals surface area contributed by atoms with E-state index in [9.17, 15) is 9.90 Å². The van der Waals surface area contributed by atoms with E-state index in [2.05, 4.69) is 5.32 Å². The molecule has 1 aromatic rings. The van der Waals surface area contributed by atoms with Crippen LogP contribution >= 0.6 is 11.8 Å². The maximum atomic E-state index is 12.1. The fourth-order valence-corrected chi connectivity index (χ4v) is 3.35. The third-order valence-corrected chi connectivity index (χ3v) is 4.33. The zero-order valence-corrected chi connectivity index (χ0v) is 14.2. The van der Waals surface area contributed by atoms with E-state index in [4.69, 9.17) is 9.47 Å². The van der Waals surface area contributed by atoms with E-state index in [0.29, 0.717) is 18.1 Å². The molecule has 2 atom stereocenters. The highest BCUT2D eigenvalue weighted by Crippen LogP contribution is 2.37. The summed E-state index contributed by atoms with van der Waals surface area (Å²) < 4.78 is 10.8. The quantitative estimate of drug-likeness (QED) is 0.830. The van der Waals surface area contributed by atoms with Gasteiger partial charge in [-0.2, -0.15) is 0 Å². The number of hydrogen-bond acceptors (Lipinski definition) is 6. The Hall–Kier alpha value is -1.40. The summed E-state index contributed by atoms with van der Waals surface area (Å²) in [5.41, 5.74) is 0.486. The fourth-order valence-electron chi connectivity index (χ4n) is 2.14. The molecule has 2 unspecified atom stereocenters. The first kappa shape index (κ1) is 17.0. The Morgan fingerprint density at radius 1 is 1.45 bits per heavy atom. The van der Waals surface area contributed by atoms with Crippen molar-refractivity contribution >= 4 is 17.7 Å². The van der Waals surface area contributed by atoms with Crippen LogP contribution in [-0.2, 0) is 9.53 Å². The van der Waals surface area contributed by atoms with Crippen LogP contribution in [0, 0.1) is 0 Å². The second-order valence-electron chi connectivity index (χ2n) is 6.13. The maximum Gasteiger partial charge on any atom is 0.324 e. The van der Waals surface area contributed by atoms with Crippen molar-refractivity contribution in [3.05, 3.63) is 23.8 Å². The van der Waals surface area contributed by atoms with Crippen molar-refractivity contribution in [1.29, 1.82) is 0 Å². The van der Waals surface area contributed by atoms with Crippen molar-refractivity contribution in [2.45, 2.75) is 44.7 Å². The lowest BCUT2D eigenvalue weighted by Gasteiger charge is -2.22. The van der Waals surface area contributed by atoms with Crippen LogP contribution < -0.4 is 10.1 Å². The highest BCUT2D eigenvalue weighted by molar-refractivity contribution is 7.99. The topological polar surface area (TPSA) is 67.8 Å². The van der Waals surface area contributed by atoms with Crippen LogP contribution in [0.25, 0.3) is 0 Å². The number of thioether (sulfide) groups is 1. The summed E-state index contributed by atoms with van der Waals surface area (Å²) in [6.45, 7) is 7.94. The molecule has 0 aromatic heterocycles. The molecule has 1 heterocycles. The van der Waals surface area contributed by atoms with Gasteiger partial charge in [-0.05, 0) is 45.4 Å². The van der Waals surface area contributed by atoms with E-state index in [1.807, 2.05) is 33.8 Å². The molecule has 0 spiro atoms. The summed E-state index contributed by atoms with van der Waals surface area (Å²) in [6.07, 6.45) is 0. The lowest BCUT2D eigenvalue weighted by Crippen LogP contribution is -2.39. The van der Waals surface area contributed by atoms with E-state index in [-0.39, 0.29) is 23.1 Å². The Kier molecular flexibility index (Phi) is 5.24. The zero-order chi connectivity index (χ0) is 16.3. The predicted octanol–water partition coefficient (Wildman–Crippen LogP) is 2.84. The van der Waals surface area contributed by atoms with Gasteiger partial charge in [-0.1, -0.05) is 6.07 Å². The van der Waals surface area contributed by atoms with Gasteiger partial charge >= 0.3 is 5.97 Å². The smallest absolute Gasteiger partial charge is 0.324 e. The van der Waals surface area contributed by atoms with Crippen LogP contribution in [0.3, 0.4) is 0 Å². The van der Waals surface area contributed by atoms with Crippen LogP contribution in [-0.4, -0.2) is 35.1 Å². The lowest BCUT2D eigenvalue weighted by atomic mass is 10.1. The maximum absolute atomic E-state index is 12.1. The van der Waals surface area contributed by atoms with Gasteiger partial charge in [0.25, 0.3) is 0 Å². The van der Waals surface area contributed by atoms with E-state index in [1.165, 1.54) is 0 Å². The van der Waals surface area contributed by atoms with Crippen LogP contribution in [0.1, 0.15) is 38.6 Å². The SMILES string of the molecule is CCOc1cc(C2NC(C(=O)OC(C)(C)C)CS2)ccc1O. The summed E-state index contributed by atoms with van der Waals surface area (Å²) in [7, 11) is 0. The minimum absolute atomic E-state index is 0.0164. The number of esters is 1. The van der Waals surface area contributed by atoms with E-state index in [1.54, 1.807) is 23.9 Å². The van der Waals surface area contributed by atoms with Crippen LogP contribution in [0.5, 0.6) is 11.5 Å². The number of benzene rings is 1. The molecule has 0 bridgehead atoms. The summed E-state index contributed by atoms with van der Waals surface area (Å²) >= 11 is 1.64. The minimum Gasteiger partial charge on any atom is -0.504 e. The third kappa shape index (κ3) is 4.30. The second-order valence-corrected chi connectivity index (χ2v) is 7.26. The summed E-state index contributed by atoms with van der Waals surface area (Å²) in [5.74, 6) is 1.01. The fraction of sp³-hybridized carbons (Fsp3) is 0.562. The molecule has 0 amide bonds. The van der Waals surface area contributed by atoms with Gasteiger partial charge < -0.3 is 14.6 Å². The number of phenolic OH excluding ortho intramolecular Hbond substituents is 1. The summed E-state index contributed by atoms with van der Waals surface area (Å²) in [6, 6.07) is 4.93. The number of hydrogen-bond donors (Lipinski definition) is 2. The third-order valence-electron chi connectivity index (χ3n) is 3.06. The average Bonchev–Trinajstić information content (AvgIpc) is 2.89. The number of ether oxygens (including phenoxy) is 2. The molecule has 0 aliphatic carbocycles. The van der Waals surface area contributed by atoms with Crippen molar-refractivity contribution in [2.24, 2.45) is 0 Å². The second kappa shape index (κ2) is 6.79. The molecule has 2 N–H and O–H groups in total. The molecule has 1 aromatic carbocycles. The number of rotatable bonds is 4. The van der Waals surface area contributed by atoms with E-state index >= 15 is 0 Å². The molecule has 0 radical (unpaired) electrons. The molecular weight excluding hydrogens is 302 g/mol. The largest absolute Gasteiger partial charge is 0.504 e. The number of nitrogens with one attached hydrogen (secondary N) is 1. The molecule has 1 saturated heterocycles. The summed E-state index contributed by atoms with van der Waals surface area (Å²) in [4.78, 5) is 12.1. The number of aromatic hydroxyl groups is 1. The molecule has 5 nitrogen and oxygen atoms in total. The van der Waals surface area contributed by atoms with Crippen LogP contribution in [0.15, 0.2) is 18.2 Å². The van der Waals surface area contributed by atoms with E-state index in [0.717, 1.165) is 5.56 Å². The predicted molar refractivity (Wildman–Crippen MR) is 87.2 cm³/mol. The molecule has 1 aliphatic rings. The first-order valence-electron chi connectivity index (χ1n) is 7.36. The highest BCUT2D eigenvalue weighted by atomic mass is 32.2. The van der Waals surface area contributed by atoms with Gasteiger partial charge in [0, 0.05) is 5.75 Å². The van der Waals surface area contributed by atoms with Crippen molar-refractivity contribution in [3.8, 4) is 11.5 Å². The molecule has 1 fully saturated rings. The first-order valence-corrected chi connectivity index (χ1v) is 8.41. The Morgan fingerprint density at radius 3 is 2.82 bits per heavy atom. The molecular formula is C16H23NO4S. The van der Waals surface area contributed by atoms with Gasteiger partial charge in [-0.15, -0.1) is 11.8 Å². The standard InChI is InChI=1S/C16H23NO4S/c1-5-20-13-8-10(6-7-12(13)18)14-17-11(9-22-14)15(19)21-16(2,3)4/h6-8,11,14,17-18H,5,9H2,1-4H3. The van der Waals surface area contributed by atoms with Gasteiger partial charge in [0.05, 0.1) is 12.0 Å². The van der Waals surface area contributed by atoms with Crippen molar-refractivity contribution in [1.82, 2.24) is 5.32 Å². The molecule has 6 heteroatoms. The number of carbonyl (C=O) groups excluding carboxylic acids is 1. The number of phenols is 1. The number of carbonyl (C=O) groups is 1. The van der Waals surface area contributed by atoms with Gasteiger partial charge in [0.2, 0.25) is 0 Å². The van der Waals surface area contributed by atoms with Crippen molar-refractivity contribution < 1.29 is 19.4 Å². The zero-order valence-electron chi connectivity index (χ0n) is 13.4. The first-order chi connectivity index (χ1) is 10.3. The molecule has 1 aliphatic heterocycles. The van der Waals surface area contributed by atoms with Crippen LogP contribution in [0.4, 0.5) is 0 Å². The van der Waals surface area contributed by atoms with Crippen molar-refractivity contribution in [2.75, 3.05) is 12.4 Å². The minimum atomic E-state index is -0.484. The van der Waals surface area contributed by atoms with Gasteiger partial charge in [0.1, 0.15) is 11.6 Å². The molecule has 22 heavy (non-hydrogen) atoms. The highest BCUT2D eigenvalue weighted by Gasteiger charge is 2.33. The molecule has 2 rings (SSSR count). The van der Waals surface area contributed by atoms with Crippen molar-refractivity contribution in [3.63, 3.8) is 0 Å². The average molecular weight is 325 g/mol. The van der Waals surface area contributed by atoms with Gasteiger partial charge in [-0.3, -0.25) is 10.1 Å². The molecule has 0 saturated carbocycles. The Balaban J connectivity index is 2.04. The van der Waals surface area contributed by atoms with Crippen LogP contribution in [0.2, 0.25) is 0 Å². The lowest BCUT2D eigenvalue weighted by molar-refractivity contribution is -0.156. The normalized spacial score (nSPS) is 21.6.